The molecule has 0 aliphatic carbocycles. The van der Waals surface area contributed by atoms with Crippen LogP contribution in [0.4, 0.5) is 4.79 Å². The van der Waals surface area contributed by atoms with Crippen LogP contribution in [0.5, 0.6) is 0 Å². The van der Waals surface area contributed by atoms with Gasteiger partial charge in [-0.3, -0.25) is 4.79 Å². The standard InChI is InChI=1S/C11H17NO4/c1-3-4-9-16-11(14)12-8-6-5-7-10(13)15-2/h3-5,7,9H2,1-2H3,(H,12,14). The molecular formula is C11H17NO4. The maximum absolute atomic E-state index is 10.9. The number of esters is 1. The summed E-state index contributed by atoms with van der Waals surface area (Å²) in [7, 11) is 1.32. The second-order valence-corrected chi connectivity index (χ2v) is 2.99. The molecule has 90 valence electrons. The van der Waals surface area contributed by atoms with Crippen LogP contribution in [-0.4, -0.2) is 25.8 Å². The minimum atomic E-state index is -0.556. The van der Waals surface area contributed by atoms with Gasteiger partial charge in [-0.1, -0.05) is 19.3 Å². The third-order valence-electron chi connectivity index (χ3n) is 1.67. The van der Waals surface area contributed by atoms with Crippen LogP contribution in [0, 0.1) is 12.0 Å². The van der Waals surface area contributed by atoms with Crippen LogP contribution in [0.25, 0.3) is 0 Å². The summed E-state index contributed by atoms with van der Waals surface area (Å²) < 4.78 is 9.21. The Morgan fingerprint density at radius 3 is 2.75 bits per heavy atom. The van der Waals surface area contributed by atoms with Crippen molar-refractivity contribution < 1.29 is 19.1 Å². The minimum absolute atomic E-state index is 0.218. The molecule has 16 heavy (non-hydrogen) atoms. The van der Waals surface area contributed by atoms with Crippen molar-refractivity contribution in [2.45, 2.75) is 32.6 Å². The number of hydrogen-bond acceptors (Lipinski definition) is 4. The lowest BCUT2D eigenvalue weighted by molar-refractivity contribution is -0.140. The van der Waals surface area contributed by atoms with E-state index in [0.717, 1.165) is 12.8 Å². The molecule has 0 bridgehead atoms. The number of alkyl carbamates (subject to hydrolysis) is 1. The van der Waals surface area contributed by atoms with E-state index < -0.39 is 6.09 Å². The van der Waals surface area contributed by atoms with Gasteiger partial charge in [-0.15, -0.1) is 0 Å². The highest BCUT2D eigenvalue weighted by molar-refractivity contribution is 5.70. The molecule has 5 heteroatoms. The van der Waals surface area contributed by atoms with Crippen molar-refractivity contribution in [1.82, 2.24) is 5.32 Å². The third kappa shape index (κ3) is 8.88. The van der Waals surface area contributed by atoms with E-state index in [9.17, 15) is 9.59 Å². The predicted molar refractivity (Wildman–Crippen MR) is 58.4 cm³/mol. The summed E-state index contributed by atoms with van der Waals surface area (Å²) in [4.78, 5) is 21.6. The molecule has 0 rings (SSSR count). The molecule has 0 aliphatic rings. The molecule has 0 saturated heterocycles. The van der Waals surface area contributed by atoms with Crippen molar-refractivity contribution >= 4 is 12.1 Å². The summed E-state index contributed by atoms with van der Waals surface area (Å²) in [5, 5.41) is 2.26. The molecule has 0 aliphatic heterocycles. The first kappa shape index (κ1) is 14.3. The molecule has 5 nitrogen and oxygen atoms in total. The molecule has 0 fully saturated rings. The minimum Gasteiger partial charge on any atom is -0.469 e. The highest BCUT2D eigenvalue weighted by atomic mass is 16.5. The van der Waals surface area contributed by atoms with Crippen molar-refractivity contribution in [3.63, 3.8) is 0 Å². The van der Waals surface area contributed by atoms with E-state index in [-0.39, 0.29) is 12.4 Å². The second kappa shape index (κ2) is 9.84. The quantitative estimate of drug-likeness (QED) is 0.334. The smallest absolute Gasteiger partial charge is 0.418 e. The van der Waals surface area contributed by atoms with Gasteiger partial charge < -0.3 is 9.47 Å². The number of hydrogen-bond donors (Lipinski definition) is 1. The molecule has 0 saturated carbocycles. The Labute approximate surface area is 95.5 Å². The maximum Gasteiger partial charge on any atom is 0.418 e. The summed E-state index contributed by atoms with van der Waals surface area (Å²) in [6, 6.07) is 2.41. The molecule has 0 atom stereocenters. The van der Waals surface area contributed by atoms with Gasteiger partial charge in [0.15, 0.2) is 0 Å². The van der Waals surface area contributed by atoms with Crippen molar-refractivity contribution in [1.29, 1.82) is 0 Å². The first-order valence-electron chi connectivity index (χ1n) is 5.18. The molecule has 1 amide bonds. The predicted octanol–water partition coefficient (Wildman–Crippen LogP) is 1.43. The van der Waals surface area contributed by atoms with Gasteiger partial charge in [-0.25, -0.2) is 10.1 Å². The van der Waals surface area contributed by atoms with Crippen LogP contribution in [0.1, 0.15) is 32.6 Å². The highest BCUT2D eigenvalue weighted by Crippen LogP contribution is 1.89. The maximum atomic E-state index is 10.9. The SMILES string of the molecule is CCCCOC(=O)NC#CCCC(=O)OC. The zero-order valence-electron chi connectivity index (χ0n) is 9.67. The largest absolute Gasteiger partial charge is 0.469 e. The fourth-order valence-corrected chi connectivity index (χ4v) is 0.770. The van der Waals surface area contributed by atoms with Crippen molar-refractivity contribution in [3.8, 4) is 12.0 Å². The van der Waals surface area contributed by atoms with Gasteiger partial charge in [-0.05, 0) is 6.42 Å². The topological polar surface area (TPSA) is 64.6 Å². The number of carbonyl (C=O) groups is 2. The number of amides is 1. The van der Waals surface area contributed by atoms with E-state index in [0.29, 0.717) is 13.0 Å². The highest BCUT2D eigenvalue weighted by Gasteiger charge is 1.98. The van der Waals surface area contributed by atoms with Crippen LogP contribution in [0.2, 0.25) is 0 Å². The van der Waals surface area contributed by atoms with E-state index in [4.69, 9.17) is 4.74 Å². The Bertz CT molecular complexity index is 277. The Morgan fingerprint density at radius 2 is 2.12 bits per heavy atom. The summed E-state index contributed by atoms with van der Waals surface area (Å²) in [6.45, 7) is 2.40. The molecule has 0 radical (unpaired) electrons. The van der Waals surface area contributed by atoms with Crippen molar-refractivity contribution in [2.24, 2.45) is 0 Å². The summed E-state index contributed by atoms with van der Waals surface area (Å²) in [5.41, 5.74) is 0. The lowest BCUT2D eigenvalue weighted by atomic mass is 10.3. The Balaban J connectivity index is 3.51. The number of methoxy groups -OCH3 is 1. The van der Waals surface area contributed by atoms with Crippen LogP contribution in [0.15, 0.2) is 0 Å². The number of unbranched alkanes of at least 4 members (excludes halogenated alkanes) is 1. The monoisotopic (exact) mass is 227 g/mol. The van der Waals surface area contributed by atoms with Gasteiger partial charge in [0.1, 0.15) is 0 Å². The van der Waals surface area contributed by atoms with Crippen LogP contribution in [-0.2, 0) is 14.3 Å². The Kier molecular flexibility index (Phi) is 8.79. The molecular weight excluding hydrogens is 210 g/mol. The van der Waals surface area contributed by atoms with Crippen LogP contribution in [0.3, 0.4) is 0 Å². The summed E-state index contributed by atoms with van der Waals surface area (Å²) in [6.07, 6.45) is 1.82. The second-order valence-electron chi connectivity index (χ2n) is 2.99. The van der Waals surface area contributed by atoms with Gasteiger partial charge in [0.2, 0.25) is 0 Å². The molecule has 0 aromatic rings. The third-order valence-corrected chi connectivity index (χ3v) is 1.67. The fraction of sp³-hybridized carbons (Fsp3) is 0.636. The van der Waals surface area contributed by atoms with Gasteiger partial charge in [0.25, 0.3) is 0 Å². The van der Waals surface area contributed by atoms with Crippen molar-refractivity contribution in [3.05, 3.63) is 0 Å². The summed E-state index contributed by atoms with van der Waals surface area (Å²) in [5.74, 6) is 2.29. The van der Waals surface area contributed by atoms with Crippen LogP contribution >= 0.6 is 0 Å². The lowest BCUT2D eigenvalue weighted by Crippen LogP contribution is -2.19. The zero-order valence-corrected chi connectivity index (χ0v) is 9.67. The van der Waals surface area contributed by atoms with Gasteiger partial charge in [0, 0.05) is 12.5 Å². The Hall–Kier alpha value is -1.70. The van der Waals surface area contributed by atoms with Gasteiger partial charge in [-0.2, -0.15) is 0 Å². The van der Waals surface area contributed by atoms with Gasteiger partial charge in [0.05, 0.1) is 20.1 Å². The first-order valence-corrected chi connectivity index (χ1v) is 5.18. The number of carbonyl (C=O) groups excluding carboxylic acids is 2. The first-order chi connectivity index (χ1) is 7.70. The molecule has 0 unspecified atom stereocenters. The molecule has 0 aromatic heterocycles. The number of ether oxygens (including phenoxy) is 2. The molecule has 0 heterocycles. The normalized spacial score (nSPS) is 8.62. The molecule has 0 aromatic carbocycles. The van der Waals surface area contributed by atoms with Crippen LogP contribution < -0.4 is 5.32 Å². The zero-order chi connectivity index (χ0) is 12.2. The fourth-order valence-electron chi connectivity index (χ4n) is 0.770. The van der Waals surface area contributed by atoms with E-state index in [1.807, 2.05) is 6.92 Å². The van der Waals surface area contributed by atoms with Gasteiger partial charge >= 0.3 is 12.1 Å². The van der Waals surface area contributed by atoms with E-state index >= 15 is 0 Å². The summed E-state index contributed by atoms with van der Waals surface area (Å²) >= 11 is 0. The lowest BCUT2D eigenvalue weighted by Gasteiger charge is -2.00. The van der Waals surface area contributed by atoms with E-state index in [1.165, 1.54) is 7.11 Å². The molecule has 0 spiro atoms. The molecule has 1 N–H and O–H groups in total. The van der Waals surface area contributed by atoms with E-state index in [1.54, 1.807) is 0 Å². The van der Waals surface area contributed by atoms with E-state index in [2.05, 4.69) is 22.0 Å². The Morgan fingerprint density at radius 1 is 1.38 bits per heavy atom. The van der Waals surface area contributed by atoms with Crippen molar-refractivity contribution in [2.75, 3.05) is 13.7 Å². The number of nitrogens with one attached hydrogen (secondary N) is 1. The average molecular weight is 227 g/mol. The average Bonchev–Trinajstić information content (AvgIpc) is 2.28. The number of rotatable bonds is 5.